The van der Waals surface area contributed by atoms with E-state index in [1.54, 1.807) is 0 Å². The molecular weight excluding hydrogens is 212 g/mol. The Balaban J connectivity index is 0.000000249. The van der Waals surface area contributed by atoms with Crippen LogP contribution >= 0.6 is 0 Å². The van der Waals surface area contributed by atoms with Crippen LogP contribution in [0, 0.1) is 0 Å². The van der Waals surface area contributed by atoms with Gasteiger partial charge in [-0.15, -0.1) is 0 Å². The molecule has 0 aromatic heterocycles. The molecule has 2 N–H and O–H groups in total. The second kappa shape index (κ2) is 7.49. The lowest BCUT2D eigenvalue weighted by Gasteiger charge is -2.28. The lowest BCUT2D eigenvalue weighted by molar-refractivity contribution is -0.113. The van der Waals surface area contributed by atoms with Crippen LogP contribution < -0.4 is 10.6 Å². The van der Waals surface area contributed by atoms with E-state index in [1.807, 2.05) is 0 Å². The normalized spacial score (nSPS) is 14.5. The molecule has 1 saturated heterocycles. The molecule has 0 bridgehead atoms. The molecule has 1 aliphatic heterocycles. The molecule has 1 heterocycles. The Morgan fingerprint density at radius 2 is 1.71 bits per heavy atom. The summed E-state index contributed by atoms with van der Waals surface area (Å²) in [7, 11) is 0. The summed E-state index contributed by atoms with van der Waals surface area (Å²) in [5.74, 6) is -0.481. The predicted molar refractivity (Wildman–Crippen MR) is 71.9 cm³/mol. The molecule has 3 heteroatoms. The van der Waals surface area contributed by atoms with Crippen molar-refractivity contribution in [2.75, 3.05) is 18.0 Å². The summed E-state index contributed by atoms with van der Waals surface area (Å²) in [6, 6.07) is 10.7. The highest BCUT2D eigenvalue weighted by atomic mass is 16.1. The lowest BCUT2D eigenvalue weighted by Crippen LogP contribution is -2.29. The molecule has 0 spiro atoms. The molecule has 1 aliphatic rings. The first-order valence-corrected chi connectivity index (χ1v) is 5.96. The Hall–Kier alpha value is -1.77. The predicted octanol–water partition coefficient (Wildman–Crippen LogP) is 2.33. The number of hydrogen-bond acceptors (Lipinski definition) is 2. The molecule has 17 heavy (non-hydrogen) atoms. The largest absolute Gasteiger partial charge is 0.372 e. The SMILES string of the molecule is C=CC(N)=O.c1ccc(N2CCCCC2)cc1. The topological polar surface area (TPSA) is 46.3 Å². The smallest absolute Gasteiger partial charge is 0.240 e. The van der Waals surface area contributed by atoms with Crippen molar-refractivity contribution in [1.29, 1.82) is 0 Å². The molecule has 1 fully saturated rings. The summed E-state index contributed by atoms with van der Waals surface area (Å²) in [5.41, 5.74) is 5.92. The van der Waals surface area contributed by atoms with Gasteiger partial charge >= 0.3 is 0 Å². The second-order valence-corrected chi connectivity index (χ2v) is 3.99. The van der Waals surface area contributed by atoms with Crippen LogP contribution in [0.5, 0.6) is 0 Å². The molecule has 0 radical (unpaired) electrons. The molecule has 0 saturated carbocycles. The molecule has 0 unspecified atom stereocenters. The standard InChI is InChI=1S/C11H15N.C3H5NO/c1-3-7-11(8-4-1)12-9-5-2-6-10-12;1-2-3(4)5/h1,3-4,7-8H,2,5-6,9-10H2;2H,1H2,(H2,4,5). The average Bonchev–Trinajstić information content (AvgIpc) is 2.41. The minimum atomic E-state index is -0.481. The zero-order valence-corrected chi connectivity index (χ0v) is 10.1. The highest BCUT2D eigenvalue weighted by Gasteiger charge is 2.09. The molecule has 1 amide bonds. The first-order chi connectivity index (χ1) is 8.24. The molecule has 1 aromatic carbocycles. The first kappa shape index (κ1) is 13.3. The number of carbonyl (C=O) groups excluding carboxylic acids is 1. The van der Waals surface area contributed by atoms with Crippen molar-refractivity contribution in [3.05, 3.63) is 43.0 Å². The molecular formula is C14H20N2O. The Bertz CT molecular complexity index is 342. The van der Waals surface area contributed by atoms with E-state index >= 15 is 0 Å². The van der Waals surface area contributed by atoms with Gasteiger partial charge in [-0.05, 0) is 37.5 Å². The van der Waals surface area contributed by atoms with E-state index < -0.39 is 5.91 Å². The third-order valence-corrected chi connectivity index (χ3v) is 2.68. The van der Waals surface area contributed by atoms with Crippen molar-refractivity contribution in [3.8, 4) is 0 Å². The fraction of sp³-hybridized carbons (Fsp3) is 0.357. The average molecular weight is 232 g/mol. The van der Waals surface area contributed by atoms with E-state index in [2.05, 4.69) is 47.5 Å². The summed E-state index contributed by atoms with van der Waals surface area (Å²) < 4.78 is 0. The number of amides is 1. The maximum Gasteiger partial charge on any atom is 0.240 e. The molecule has 1 aromatic rings. The van der Waals surface area contributed by atoms with Gasteiger partial charge in [0.15, 0.2) is 0 Å². The van der Waals surface area contributed by atoms with Crippen LogP contribution in [-0.4, -0.2) is 19.0 Å². The second-order valence-electron chi connectivity index (χ2n) is 3.99. The van der Waals surface area contributed by atoms with Gasteiger partial charge in [0.1, 0.15) is 0 Å². The number of anilines is 1. The van der Waals surface area contributed by atoms with Gasteiger partial charge in [0.2, 0.25) is 5.91 Å². The van der Waals surface area contributed by atoms with E-state index in [-0.39, 0.29) is 0 Å². The summed E-state index contributed by atoms with van der Waals surface area (Å²) in [4.78, 5) is 11.9. The Morgan fingerprint density at radius 1 is 1.18 bits per heavy atom. The van der Waals surface area contributed by atoms with Crippen LogP contribution in [0.15, 0.2) is 43.0 Å². The summed E-state index contributed by atoms with van der Waals surface area (Å²) in [5, 5.41) is 0. The molecule has 0 aliphatic carbocycles. The minimum Gasteiger partial charge on any atom is -0.372 e. The highest BCUT2D eigenvalue weighted by Crippen LogP contribution is 2.18. The van der Waals surface area contributed by atoms with Crippen molar-refractivity contribution >= 4 is 11.6 Å². The summed E-state index contributed by atoms with van der Waals surface area (Å²) >= 11 is 0. The zero-order chi connectivity index (χ0) is 12.5. The number of hydrogen-bond donors (Lipinski definition) is 1. The number of benzene rings is 1. The fourth-order valence-electron chi connectivity index (χ4n) is 1.79. The van der Waals surface area contributed by atoms with E-state index in [0.717, 1.165) is 6.08 Å². The third kappa shape index (κ3) is 5.20. The summed E-state index contributed by atoms with van der Waals surface area (Å²) in [6.45, 7) is 5.57. The van der Waals surface area contributed by atoms with Gasteiger partial charge in [-0.2, -0.15) is 0 Å². The maximum absolute atomic E-state index is 9.47. The van der Waals surface area contributed by atoms with Gasteiger partial charge in [-0.3, -0.25) is 4.79 Å². The molecule has 0 atom stereocenters. The van der Waals surface area contributed by atoms with Crippen LogP contribution in [-0.2, 0) is 4.79 Å². The van der Waals surface area contributed by atoms with Gasteiger partial charge in [-0.25, -0.2) is 0 Å². The first-order valence-electron chi connectivity index (χ1n) is 5.96. The maximum atomic E-state index is 9.47. The van der Waals surface area contributed by atoms with Crippen molar-refractivity contribution < 1.29 is 4.79 Å². The van der Waals surface area contributed by atoms with Crippen LogP contribution in [0.2, 0.25) is 0 Å². The monoisotopic (exact) mass is 232 g/mol. The van der Waals surface area contributed by atoms with E-state index in [9.17, 15) is 4.79 Å². The molecule has 92 valence electrons. The van der Waals surface area contributed by atoms with Crippen molar-refractivity contribution in [2.45, 2.75) is 19.3 Å². The third-order valence-electron chi connectivity index (χ3n) is 2.68. The number of para-hydroxylation sites is 1. The number of rotatable bonds is 2. The Labute approximate surface area is 103 Å². The van der Waals surface area contributed by atoms with Crippen LogP contribution in [0.4, 0.5) is 5.69 Å². The van der Waals surface area contributed by atoms with Crippen LogP contribution in [0.3, 0.4) is 0 Å². The highest BCUT2D eigenvalue weighted by molar-refractivity contribution is 5.84. The number of nitrogens with zero attached hydrogens (tertiary/aromatic N) is 1. The van der Waals surface area contributed by atoms with Crippen LogP contribution in [0.25, 0.3) is 0 Å². The van der Waals surface area contributed by atoms with Gasteiger partial charge in [0.05, 0.1) is 0 Å². The molecule has 3 nitrogen and oxygen atoms in total. The zero-order valence-electron chi connectivity index (χ0n) is 10.1. The minimum absolute atomic E-state index is 0.481. The van der Waals surface area contributed by atoms with Crippen molar-refractivity contribution in [3.63, 3.8) is 0 Å². The number of piperidine rings is 1. The number of carbonyl (C=O) groups is 1. The van der Waals surface area contributed by atoms with Gasteiger partial charge < -0.3 is 10.6 Å². The number of nitrogens with two attached hydrogens (primary N) is 1. The lowest BCUT2D eigenvalue weighted by atomic mass is 10.1. The van der Waals surface area contributed by atoms with E-state index in [1.165, 1.54) is 38.0 Å². The Kier molecular flexibility index (Phi) is 5.86. The Morgan fingerprint density at radius 3 is 2.18 bits per heavy atom. The van der Waals surface area contributed by atoms with Gasteiger partial charge in [0.25, 0.3) is 0 Å². The quantitative estimate of drug-likeness (QED) is 0.795. The van der Waals surface area contributed by atoms with Crippen molar-refractivity contribution in [2.24, 2.45) is 5.73 Å². The van der Waals surface area contributed by atoms with Crippen LogP contribution in [0.1, 0.15) is 19.3 Å². The summed E-state index contributed by atoms with van der Waals surface area (Å²) in [6.07, 6.45) is 5.17. The fourth-order valence-corrected chi connectivity index (χ4v) is 1.79. The van der Waals surface area contributed by atoms with E-state index in [4.69, 9.17) is 0 Å². The van der Waals surface area contributed by atoms with E-state index in [0.29, 0.717) is 0 Å². The number of primary amides is 1. The van der Waals surface area contributed by atoms with Gasteiger partial charge in [-0.1, -0.05) is 24.8 Å². The molecule has 2 rings (SSSR count). The van der Waals surface area contributed by atoms with Crippen molar-refractivity contribution in [1.82, 2.24) is 0 Å². The van der Waals surface area contributed by atoms with Gasteiger partial charge in [0, 0.05) is 18.8 Å².